The van der Waals surface area contributed by atoms with Crippen molar-refractivity contribution in [2.24, 2.45) is 7.05 Å². The second kappa shape index (κ2) is 8.64. The van der Waals surface area contributed by atoms with E-state index in [0.717, 1.165) is 30.6 Å². The number of anilines is 2. The summed E-state index contributed by atoms with van der Waals surface area (Å²) in [6, 6.07) is 4.88. The summed E-state index contributed by atoms with van der Waals surface area (Å²) < 4.78 is 7.27. The van der Waals surface area contributed by atoms with Gasteiger partial charge in [0, 0.05) is 44.6 Å². The number of carbonyl (C=O) groups is 1. The molecule has 2 saturated heterocycles. The second-order valence-corrected chi connectivity index (χ2v) is 10.8. The lowest BCUT2D eigenvalue weighted by atomic mass is 9.81. The third-order valence-corrected chi connectivity index (χ3v) is 6.92. The predicted octanol–water partition coefficient (Wildman–Crippen LogP) is 3.48. The van der Waals surface area contributed by atoms with Crippen molar-refractivity contribution in [2.45, 2.75) is 69.7 Å². The maximum atomic E-state index is 12.6. The van der Waals surface area contributed by atoms with Crippen LogP contribution in [0.3, 0.4) is 0 Å². The lowest BCUT2D eigenvalue weighted by Gasteiger charge is -2.57. The van der Waals surface area contributed by atoms with E-state index in [0.29, 0.717) is 31.5 Å². The summed E-state index contributed by atoms with van der Waals surface area (Å²) in [4.78, 5) is 25.9. The molecule has 0 aromatic carbocycles. The van der Waals surface area contributed by atoms with E-state index in [1.165, 1.54) is 5.57 Å². The molecule has 3 aliphatic heterocycles. The molecule has 184 valence electrons. The van der Waals surface area contributed by atoms with Crippen LogP contribution in [0.4, 0.5) is 16.4 Å². The molecule has 10 nitrogen and oxygen atoms in total. The highest BCUT2D eigenvalue weighted by molar-refractivity contribution is 5.70. The summed E-state index contributed by atoms with van der Waals surface area (Å²) >= 11 is 0. The van der Waals surface area contributed by atoms with Crippen LogP contribution in [0.15, 0.2) is 30.7 Å². The Balaban J connectivity index is 1.33. The number of nitriles is 1. The molecule has 0 radical (unpaired) electrons. The Morgan fingerprint density at radius 1 is 1.34 bits per heavy atom. The van der Waals surface area contributed by atoms with Crippen LogP contribution in [-0.4, -0.2) is 72.0 Å². The van der Waals surface area contributed by atoms with Gasteiger partial charge >= 0.3 is 6.09 Å². The van der Waals surface area contributed by atoms with E-state index < -0.39 is 5.60 Å². The largest absolute Gasteiger partial charge is 0.444 e. The number of hydrogen-bond donors (Lipinski definition) is 1. The van der Waals surface area contributed by atoms with Crippen LogP contribution in [0, 0.1) is 11.3 Å². The minimum atomic E-state index is -0.533. The van der Waals surface area contributed by atoms with Gasteiger partial charge in [0.05, 0.1) is 35.6 Å². The molecule has 0 saturated carbocycles. The summed E-state index contributed by atoms with van der Waals surface area (Å²) in [5.41, 5.74) is 2.11. The first-order valence-electron chi connectivity index (χ1n) is 12.1. The van der Waals surface area contributed by atoms with E-state index >= 15 is 0 Å². The minimum Gasteiger partial charge on any atom is -0.444 e. The number of amides is 1. The molecule has 3 aliphatic rings. The molecule has 2 aromatic heterocycles. The van der Waals surface area contributed by atoms with Crippen LogP contribution < -0.4 is 5.32 Å². The lowest BCUT2D eigenvalue weighted by molar-refractivity contribution is -0.0770. The molecule has 5 rings (SSSR count). The van der Waals surface area contributed by atoms with Gasteiger partial charge in [-0.15, -0.1) is 0 Å². The van der Waals surface area contributed by atoms with Gasteiger partial charge in [-0.3, -0.25) is 9.58 Å². The normalized spacial score (nSPS) is 23.3. The summed E-state index contributed by atoms with van der Waals surface area (Å²) in [5, 5.41) is 17.0. The average Bonchev–Trinajstić information content (AvgIpc) is 3.28. The summed E-state index contributed by atoms with van der Waals surface area (Å²) in [6.07, 6.45) is 10.8. The minimum absolute atomic E-state index is 0.225. The molecule has 10 heteroatoms. The quantitative estimate of drug-likeness (QED) is 0.698. The molecule has 2 aromatic rings. The smallest absolute Gasteiger partial charge is 0.410 e. The summed E-state index contributed by atoms with van der Waals surface area (Å²) in [5.74, 6) is 0.541. The zero-order valence-electron chi connectivity index (χ0n) is 20.7. The van der Waals surface area contributed by atoms with Gasteiger partial charge in [0.1, 0.15) is 5.60 Å². The van der Waals surface area contributed by atoms with Crippen LogP contribution in [0.25, 0.3) is 5.57 Å². The highest BCUT2D eigenvalue weighted by Crippen LogP contribution is 2.46. The molecule has 5 heterocycles. The van der Waals surface area contributed by atoms with E-state index in [2.05, 4.69) is 32.4 Å². The Labute approximate surface area is 205 Å². The maximum absolute atomic E-state index is 12.6. The zero-order valence-corrected chi connectivity index (χ0v) is 20.7. The van der Waals surface area contributed by atoms with Gasteiger partial charge in [-0.05, 0) is 51.7 Å². The van der Waals surface area contributed by atoms with Crippen LogP contribution in [0.1, 0.15) is 52.1 Å². The molecule has 0 spiro atoms. The maximum Gasteiger partial charge on any atom is 0.410 e. The van der Waals surface area contributed by atoms with Crippen molar-refractivity contribution >= 4 is 23.3 Å². The Morgan fingerprint density at radius 3 is 2.80 bits per heavy atom. The van der Waals surface area contributed by atoms with Gasteiger partial charge in [0.15, 0.2) is 0 Å². The fourth-order valence-electron chi connectivity index (χ4n) is 5.61. The van der Waals surface area contributed by atoms with Crippen molar-refractivity contribution in [3.63, 3.8) is 0 Å². The van der Waals surface area contributed by atoms with Crippen molar-refractivity contribution in [1.82, 2.24) is 29.5 Å². The van der Waals surface area contributed by atoms with Gasteiger partial charge in [-0.2, -0.15) is 10.4 Å². The van der Waals surface area contributed by atoms with E-state index in [9.17, 15) is 10.1 Å². The topological polar surface area (TPSA) is 112 Å². The van der Waals surface area contributed by atoms with Crippen LogP contribution in [0.5, 0.6) is 0 Å². The van der Waals surface area contributed by atoms with Crippen LogP contribution in [-0.2, 0) is 11.8 Å². The van der Waals surface area contributed by atoms with E-state index in [1.807, 2.05) is 40.1 Å². The Morgan fingerprint density at radius 2 is 2.14 bits per heavy atom. The van der Waals surface area contributed by atoms with Crippen molar-refractivity contribution in [1.29, 1.82) is 5.26 Å². The molecule has 1 amide bonds. The molecular weight excluding hydrogens is 444 g/mol. The van der Waals surface area contributed by atoms with Crippen LogP contribution >= 0.6 is 0 Å². The van der Waals surface area contributed by atoms with E-state index in [-0.39, 0.29) is 17.7 Å². The fourth-order valence-corrected chi connectivity index (χ4v) is 5.61. The first-order chi connectivity index (χ1) is 16.7. The standard InChI is InChI=1S/C25H32N8O2/c1-24(2,3)35-23(34)32-15-25(16-32,8-9-26)33-19-5-6-20(33)12-17(11-19)21-7-10-27-22(30-21)29-18-13-28-31(4)14-18/h7,10-11,13-14,19-20H,5-6,8,12,15-16H2,1-4H3,(H,27,29,30). The fraction of sp³-hybridized carbons (Fsp3) is 0.560. The number of aryl methyl sites for hydroxylation is 1. The number of hydrogen-bond acceptors (Lipinski definition) is 8. The summed E-state index contributed by atoms with van der Waals surface area (Å²) in [7, 11) is 1.87. The lowest BCUT2D eigenvalue weighted by Crippen LogP contribution is -2.73. The SMILES string of the molecule is Cn1cc(Nc2nccc(C3=CC4CCC(C3)N4C3(CC#N)CN(C(=O)OC(C)(C)C)C3)n2)cn1. The molecule has 0 aliphatic carbocycles. The molecular formula is C25H32N8O2. The van der Waals surface area contributed by atoms with Gasteiger partial charge in [-0.25, -0.2) is 14.8 Å². The number of carbonyl (C=O) groups excluding carboxylic acids is 1. The molecule has 1 N–H and O–H groups in total. The van der Waals surface area contributed by atoms with Crippen LogP contribution in [0.2, 0.25) is 0 Å². The van der Waals surface area contributed by atoms with E-state index in [1.54, 1.807) is 22.0 Å². The summed E-state index contributed by atoms with van der Waals surface area (Å²) in [6.45, 7) is 6.66. The number of fused-ring (bicyclic) bond motifs is 2. The first kappa shape index (κ1) is 23.3. The van der Waals surface area contributed by atoms with Crippen molar-refractivity contribution in [3.8, 4) is 6.07 Å². The number of nitrogens with one attached hydrogen (secondary N) is 1. The Kier molecular flexibility index (Phi) is 5.75. The van der Waals surface area contributed by atoms with Crippen molar-refractivity contribution in [3.05, 3.63) is 36.4 Å². The molecule has 35 heavy (non-hydrogen) atoms. The highest BCUT2D eigenvalue weighted by Gasteiger charge is 2.56. The Bertz CT molecular complexity index is 1180. The third-order valence-electron chi connectivity index (χ3n) is 6.92. The number of rotatable bonds is 5. The highest BCUT2D eigenvalue weighted by atomic mass is 16.6. The van der Waals surface area contributed by atoms with Crippen molar-refractivity contribution in [2.75, 3.05) is 18.4 Å². The van der Waals surface area contributed by atoms with E-state index in [4.69, 9.17) is 9.72 Å². The monoisotopic (exact) mass is 476 g/mol. The van der Waals surface area contributed by atoms with Gasteiger partial charge < -0.3 is 15.0 Å². The Hall–Kier alpha value is -3.45. The number of ether oxygens (including phenoxy) is 1. The number of nitrogens with zero attached hydrogens (tertiary/aromatic N) is 7. The molecule has 2 fully saturated rings. The zero-order chi connectivity index (χ0) is 24.8. The molecule has 2 unspecified atom stereocenters. The number of likely N-dealkylation sites (tertiary alicyclic amines) is 1. The third kappa shape index (κ3) is 4.60. The molecule has 2 atom stereocenters. The van der Waals surface area contributed by atoms with Gasteiger partial charge in [-0.1, -0.05) is 6.08 Å². The number of aromatic nitrogens is 4. The predicted molar refractivity (Wildman–Crippen MR) is 131 cm³/mol. The van der Waals surface area contributed by atoms with Crippen molar-refractivity contribution < 1.29 is 9.53 Å². The first-order valence-corrected chi connectivity index (χ1v) is 12.1. The molecule has 2 bridgehead atoms. The van der Waals surface area contributed by atoms with Gasteiger partial charge in [0.2, 0.25) is 5.95 Å². The van der Waals surface area contributed by atoms with Gasteiger partial charge in [0.25, 0.3) is 0 Å². The second-order valence-electron chi connectivity index (χ2n) is 10.8. The average molecular weight is 477 g/mol.